The molecule has 0 saturated carbocycles. The van der Waals surface area contributed by atoms with E-state index in [4.69, 9.17) is 0 Å². The highest BCUT2D eigenvalue weighted by atomic mass is 32.1. The van der Waals surface area contributed by atoms with Crippen LogP contribution in [0.5, 0.6) is 0 Å². The van der Waals surface area contributed by atoms with E-state index in [-0.39, 0.29) is 5.69 Å². The van der Waals surface area contributed by atoms with Gasteiger partial charge in [0, 0.05) is 4.88 Å². The minimum atomic E-state index is -0.924. The molecule has 0 saturated heterocycles. The summed E-state index contributed by atoms with van der Waals surface area (Å²) in [5.41, 5.74) is 5.33. The quantitative estimate of drug-likeness (QED) is 0.786. The Kier molecular flexibility index (Phi) is 3.53. The maximum Gasteiger partial charge on any atom is 0.354 e. The average molecular weight is 314 g/mol. The number of fused-ring (bicyclic) bond motifs is 1. The summed E-state index contributed by atoms with van der Waals surface area (Å²) >= 11 is 1.54. The molecular weight excluding hydrogens is 296 g/mol. The Morgan fingerprint density at radius 3 is 2.59 bits per heavy atom. The molecule has 4 nitrogen and oxygen atoms in total. The first-order valence-corrected chi connectivity index (χ1v) is 8.07. The summed E-state index contributed by atoms with van der Waals surface area (Å²) in [7, 11) is 0. The zero-order chi connectivity index (χ0) is 16.0. The first kappa shape index (κ1) is 14.8. The van der Waals surface area contributed by atoms with Crippen molar-refractivity contribution in [1.82, 2.24) is 9.38 Å². The number of carboxylic acids is 1. The molecule has 22 heavy (non-hydrogen) atoms. The molecule has 0 aliphatic heterocycles. The van der Waals surface area contributed by atoms with Crippen molar-refractivity contribution >= 4 is 22.3 Å². The van der Waals surface area contributed by atoms with Crippen molar-refractivity contribution in [3.8, 4) is 11.3 Å². The number of aryl methyl sites for hydroxylation is 4. The normalized spacial score (nSPS) is 11.3. The number of nitrogens with zero attached hydrogens (tertiary/aromatic N) is 2. The minimum Gasteiger partial charge on any atom is -0.477 e. The molecular formula is C17H18N2O2S. The molecule has 0 fully saturated rings. The molecule has 3 aromatic rings. The lowest BCUT2D eigenvalue weighted by molar-refractivity contribution is 0.0688. The monoisotopic (exact) mass is 314 g/mol. The van der Waals surface area contributed by atoms with E-state index in [1.165, 1.54) is 22.5 Å². The molecule has 0 unspecified atom stereocenters. The summed E-state index contributed by atoms with van der Waals surface area (Å²) < 4.78 is 1.80. The topological polar surface area (TPSA) is 54.6 Å². The van der Waals surface area contributed by atoms with E-state index >= 15 is 0 Å². The van der Waals surface area contributed by atoms with Crippen LogP contribution in [0.4, 0.5) is 0 Å². The maximum absolute atomic E-state index is 11.7. The average Bonchev–Trinajstić information content (AvgIpc) is 2.95. The van der Waals surface area contributed by atoms with Crippen molar-refractivity contribution in [2.24, 2.45) is 0 Å². The second-order valence-electron chi connectivity index (χ2n) is 5.49. The smallest absolute Gasteiger partial charge is 0.354 e. The summed E-state index contributed by atoms with van der Waals surface area (Å²) in [6, 6.07) is 6.24. The van der Waals surface area contributed by atoms with Gasteiger partial charge >= 0.3 is 5.97 Å². The Labute approximate surface area is 133 Å². The molecule has 1 aromatic carbocycles. The van der Waals surface area contributed by atoms with Crippen LogP contribution in [0.25, 0.3) is 16.2 Å². The third kappa shape index (κ3) is 2.13. The van der Waals surface area contributed by atoms with Gasteiger partial charge in [0.2, 0.25) is 0 Å². The molecule has 1 N–H and O–H groups in total. The third-order valence-corrected chi connectivity index (χ3v) is 4.99. The zero-order valence-corrected chi connectivity index (χ0v) is 13.9. The van der Waals surface area contributed by atoms with Crippen molar-refractivity contribution in [1.29, 1.82) is 0 Å². The van der Waals surface area contributed by atoms with Gasteiger partial charge in [0.1, 0.15) is 0 Å². The number of hydrogen-bond donors (Lipinski definition) is 1. The van der Waals surface area contributed by atoms with Gasteiger partial charge in [-0.05, 0) is 49.9 Å². The predicted octanol–water partition coefficient (Wildman–Crippen LogP) is 4.25. The summed E-state index contributed by atoms with van der Waals surface area (Å²) in [5, 5.41) is 9.61. The van der Waals surface area contributed by atoms with Gasteiger partial charge in [-0.15, -0.1) is 11.3 Å². The predicted molar refractivity (Wildman–Crippen MR) is 89.1 cm³/mol. The molecule has 0 spiro atoms. The number of carbonyl (C=O) groups is 1. The number of carboxylic acid groups (broad SMARTS) is 1. The lowest BCUT2D eigenvalue weighted by atomic mass is 10.0. The second kappa shape index (κ2) is 5.25. The van der Waals surface area contributed by atoms with Crippen LogP contribution in [-0.4, -0.2) is 20.5 Å². The Balaban J connectivity index is 2.37. The Hall–Kier alpha value is -2.14. The maximum atomic E-state index is 11.7. The fourth-order valence-corrected chi connectivity index (χ4v) is 3.76. The number of rotatable bonds is 3. The van der Waals surface area contributed by atoms with Gasteiger partial charge in [-0.2, -0.15) is 0 Å². The van der Waals surface area contributed by atoms with Gasteiger partial charge in [-0.1, -0.05) is 19.1 Å². The van der Waals surface area contributed by atoms with E-state index in [0.29, 0.717) is 12.1 Å². The molecule has 3 rings (SSSR count). The molecule has 0 radical (unpaired) electrons. The Morgan fingerprint density at radius 2 is 2.00 bits per heavy atom. The highest BCUT2D eigenvalue weighted by Crippen LogP contribution is 2.34. The first-order valence-electron chi connectivity index (χ1n) is 7.25. The highest BCUT2D eigenvalue weighted by Gasteiger charge is 2.23. The van der Waals surface area contributed by atoms with Crippen LogP contribution in [0.15, 0.2) is 18.2 Å². The van der Waals surface area contributed by atoms with E-state index in [9.17, 15) is 9.90 Å². The molecule has 5 heteroatoms. The lowest BCUT2D eigenvalue weighted by Gasteiger charge is -2.07. The Bertz CT molecular complexity index is 890. The summed E-state index contributed by atoms with van der Waals surface area (Å²) in [6.45, 7) is 8.09. The van der Waals surface area contributed by atoms with Crippen molar-refractivity contribution < 1.29 is 9.90 Å². The molecule has 0 atom stereocenters. The van der Waals surface area contributed by atoms with Crippen LogP contribution in [-0.2, 0) is 6.42 Å². The Morgan fingerprint density at radius 1 is 1.27 bits per heavy atom. The largest absolute Gasteiger partial charge is 0.477 e. The summed E-state index contributed by atoms with van der Waals surface area (Å²) in [6.07, 6.45) is 0.613. The second-order valence-corrected chi connectivity index (χ2v) is 6.67. The zero-order valence-electron chi connectivity index (χ0n) is 13.1. The molecule has 2 aromatic heterocycles. The molecule has 0 aliphatic rings. The molecule has 0 aliphatic carbocycles. The molecule has 0 amide bonds. The van der Waals surface area contributed by atoms with Crippen LogP contribution in [0.3, 0.4) is 0 Å². The van der Waals surface area contributed by atoms with Crippen molar-refractivity contribution in [3.63, 3.8) is 0 Å². The standard InChI is InChI=1S/C17H18N2O2S/c1-5-13-15(16(20)21)19-14(11(4)22-17(19)18-13)12-7-6-9(2)10(3)8-12/h6-8H,5H2,1-4H3,(H,20,21). The van der Waals surface area contributed by atoms with Crippen LogP contribution in [0.1, 0.15) is 39.1 Å². The van der Waals surface area contributed by atoms with E-state index in [2.05, 4.69) is 31.0 Å². The van der Waals surface area contributed by atoms with Gasteiger partial charge in [-0.3, -0.25) is 4.40 Å². The summed E-state index contributed by atoms with van der Waals surface area (Å²) in [4.78, 5) is 18.0. The van der Waals surface area contributed by atoms with Crippen LogP contribution >= 0.6 is 11.3 Å². The number of aromatic carboxylic acids is 1. The number of benzene rings is 1. The molecule has 114 valence electrons. The van der Waals surface area contributed by atoms with Gasteiger partial charge < -0.3 is 5.11 Å². The van der Waals surface area contributed by atoms with Crippen LogP contribution < -0.4 is 0 Å². The van der Waals surface area contributed by atoms with E-state index < -0.39 is 5.97 Å². The fourth-order valence-electron chi connectivity index (χ4n) is 2.75. The summed E-state index contributed by atoms with van der Waals surface area (Å²) in [5.74, 6) is -0.924. The van der Waals surface area contributed by atoms with E-state index in [1.807, 2.05) is 19.9 Å². The number of imidazole rings is 1. The van der Waals surface area contributed by atoms with Crippen molar-refractivity contribution in [2.75, 3.05) is 0 Å². The lowest BCUT2D eigenvalue weighted by Crippen LogP contribution is -2.06. The van der Waals surface area contributed by atoms with Crippen LogP contribution in [0.2, 0.25) is 0 Å². The van der Waals surface area contributed by atoms with Gasteiger partial charge in [0.05, 0.1) is 11.4 Å². The van der Waals surface area contributed by atoms with Gasteiger partial charge in [-0.25, -0.2) is 9.78 Å². The number of aromatic nitrogens is 2. The first-order chi connectivity index (χ1) is 10.4. The third-order valence-electron chi connectivity index (χ3n) is 4.04. The highest BCUT2D eigenvalue weighted by molar-refractivity contribution is 7.17. The number of thiazole rings is 1. The van der Waals surface area contributed by atoms with Crippen molar-refractivity contribution in [2.45, 2.75) is 34.1 Å². The molecule has 2 heterocycles. The number of hydrogen-bond acceptors (Lipinski definition) is 3. The van der Waals surface area contributed by atoms with E-state index in [1.54, 1.807) is 4.40 Å². The van der Waals surface area contributed by atoms with Gasteiger partial charge in [0.25, 0.3) is 0 Å². The van der Waals surface area contributed by atoms with Gasteiger partial charge in [0.15, 0.2) is 10.7 Å². The molecule has 0 bridgehead atoms. The SMILES string of the molecule is CCc1nc2sc(C)c(-c3ccc(C)c(C)c3)n2c1C(=O)O. The van der Waals surface area contributed by atoms with Crippen molar-refractivity contribution in [3.05, 3.63) is 45.6 Å². The fraction of sp³-hybridized carbons (Fsp3) is 0.294. The van der Waals surface area contributed by atoms with E-state index in [0.717, 1.165) is 21.1 Å². The van der Waals surface area contributed by atoms with Crippen LogP contribution in [0, 0.1) is 20.8 Å². The minimum absolute atomic E-state index is 0.287.